The second-order valence-corrected chi connectivity index (χ2v) is 5.57. The Bertz CT molecular complexity index is 495. The number of hydrogen-bond donors (Lipinski definition) is 3. The first-order chi connectivity index (χ1) is 10.4. The predicted octanol–water partition coefficient (Wildman–Crippen LogP) is 3.38. The number of rotatable bonds is 3. The van der Waals surface area contributed by atoms with E-state index >= 15 is 0 Å². The number of aliphatic hydroxyl groups excluding tert-OH is 1. The van der Waals surface area contributed by atoms with E-state index in [4.69, 9.17) is 5.11 Å². The number of benzene rings is 1. The highest BCUT2D eigenvalue weighted by Gasteiger charge is 2.30. The zero-order chi connectivity index (χ0) is 16.2. The second-order valence-electron chi connectivity index (χ2n) is 5.57. The van der Waals surface area contributed by atoms with Crippen LogP contribution in [0.2, 0.25) is 0 Å². The maximum atomic E-state index is 12.4. The molecule has 122 valence electrons. The van der Waals surface area contributed by atoms with E-state index in [0.717, 1.165) is 37.8 Å². The molecule has 1 aromatic rings. The van der Waals surface area contributed by atoms with Crippen molar-refractivity contribution >= 4 is 11.7 Å². The van der Waals surface area contributed by atoms with Gasteiger partial charge in [-0.15, -0.1) is 0 Å². The third-order valence-electron chi connectivity index (χ3n) is 3.91. The number of nitrogens with one attached hydrogen (secondary N) is 2. The van der Waals surface area contributed by atoms with Gasteiger partial charge in [-0.1, -0.05) is 0 Å². The van der Waals surface area contributed by atoms with Gasteiger partial charge in [-0.05, 0) is 55.9 Å². The molecule has 0 aliphatic heterocycles. The summed E-state index contributed by atoms with van der Waals surface area (Å²) in [5.41, 5.74) is -0.435. The predicted molar refractivity (Wildman–Crippen MR) is 76.4 cm³/mol. The van der Waals surface area contributed by atoms with E-state index in [1.807, 2.05) is 0 Å². The largest absolute Gasteiger partial charge is 0.416 e. The van der Waals surface area contributed by atoms with Gasteiger partial charge >= 0.3 is 12.2 Å². The van der Waals surface area contributed by atoms with E-state index < -0.39 is 17.8 Å². The number of halogens is 3. The highest BCUT2D eigenvalue weighted by molar-refractivity contribution is 5.89. The van der Waals surface area contributed by atoms with Gasteiger partial charge in [-0.2, -0.15) is 13.2 Å². The molecule has 4 nitrogen and oxygen atoms in total. The topological polar surface area (TPSA) is 61.4 Å². The smallest absolute Gasteiger partial charge is 0.396 e. The lowest BCUT2D eigenvalue weighted by Crippen LogP contribution is -2.40. The summed E-state index contributed by atoms with van der Waals surface area (Å²) in [5, 5.41) is 14.4. The van der Waals surface area contributed by atoms with Crippen LogP contribution in [0, 0.1) is 5.92 Å². The van der Waals surface area contributed by atoms with Crippen molar-refractivity contribution in [2.75, 3.05) is 11.9 Å². The quantitative estimate of drug-likeness (QED) is 0.800. The fourth-order valence-electron chi connectivity index (χ4n) is 2.58. The standard InChI is InChI=1S/C15H19F3N2O2/c16-15(17,18)11-3-7-13(8-4-11)20-14(22)19-12-5-1-10(9-21)2-6-12/h3-4,7-8,10,12,21H,1-2,5-6,9H2,(H2,19,20,22). The normalized spacial score (nSPS) is 22.2. The van der Waals surface area contributed by atoms with Crippen LogP contribution in [0.25, 0.3) is 0 Å². The summed E-state index contributed by atoms with van der Waals surface area (Å²) in [5.74, 6) is 0.302. The maximum absolute atomic E-state index is 12.4. The van der Waals surface area contributed by atoms with Gasteiger partial charge in [-0.25, -0.2) is 4.79 Å². The summed E-state index contributed by atoms with van der Waals surface area (Å²) in [6, 6.07) is 3.93. The first-order valence-corrected chi connectivity index (χ1v) is 7.24. The van der Waals surface area contributed by atoms with Gasteiger partial charge in [0.1, 0.15) is 0 Å². The van der Waals surface area contributed by atoms with Crippen molar-refractivity contribution in [3.05, 3.63) is 29.8 Å². The Morgan fingerprint density at radius 1 is 1.14 bits per heavy atom. The molecule has 1 saturated carbocycles. The molecule has 0 unspecified atom stereocenters. The van der Waals surface area contributed by atoms with Crippen LogP contribution in [0.5, 0.6) is 0 Å². The van der Waals surface area contributed by atoms with Gasteiger partial charge < -0.3 is 15.7 Å². The molecule has 0 saturated heterocycles. The molecule has 1 fully saturated rings. The maximum Gasteiger partial charge on any atom is 0.416 e. The van der Waals surface area contributed by atoms with E-state index in [1.54, 1.807) is 0 Å². The number of alkyl halides is 3. The van der Waals surface area contributed by atoms with Crippen LogP contribution in [-0.2, 0) is 6.18 Å². The molecule has 7 heteroatoms. The number of amides is 2. The molecule has 1 aromatic carbocycles. The summed E-state index contributed by atoms with van der Waals surface area (Å²) in [7, 11) is 0. The van der Waals surface area contributed by atoms with Gasteiger partial charge in [0, 0.05) is 18.3 Å². The van der Waals surface area contributed by atoms with E-state index in [1.165, 1.54) is 12.1 Å². The van der Waals surface area contributed by atoms with Gasteiger partial charge in [-0.3, -0.25) is 0 Å². The molecule has 0 heterocycles. The van der Waals surface area contributed by atoms with Crippen molar-refractivity contribution in [3.63, 3.8) is 0 Å². The van der Waals surface area contributed by atoms with Gasteiger partial charge in [0.15, 0.2) is 0 Å². The molecule has 0 aromatic heterocycles. The highest BCUT2D eigenvalue weighted by atomic mass is 19.4. The lowest BCUT2D eigenvalue weighted by Gasteiger charge is -2.27. The Morgan fingerprint density at radius 3 is 2.23 bits per heavy atom. The SMILES string of the molecule is O=C(Nc1ccc(C(F)(F)F)cc1)NC1CCC(CO)CC1. The zero-order valence-corrected chi connectivity index (χ0v) is 12.0. The number of anilines is 1. The first-order valence-electron chi connectivity index (χ1n) is 7.24. The molecule has 22 heavy (non-hydrogen) atoms. The summed E-state index contributed by atoms with van der Waals surface area (Å²) in [4.78, 5) is 11.8. The van der Waals surface area contributed by atoms with Gasteiger partial charge in [0.05, 0.1) is 5.56 Å². The van der Waals surface area contributed by atoms with Crippen LogP contribution >= 0.6 is 0 Å². The van der Waals surface area contributed by atoms with E-state index in [0.29, 0.717) is 11.6 Å². The molecule has 0 spiro atoms. The third kappa shape index (κ3) is 4.62. The summed E-state index contributed by atoms with van der Waals surface area (Å²) >= 11 is 0. The van der Waals surface area contributed by atoms with E-state index in [2.05, 4.69) is 10.6 Å². The number of hydrogen-bond acceptors (Lipinski definition) is 2. The Hall–Kier alpha value is -1.76. The van der Waals surface area contributed by atoms with Crippen molar-refractivity contribution in [2.45, 2.75) is 37.9 Å². The number of carbonyl (C=O) groups is 1. The molecule has 0 bridgehead atoms. The summed E-state index contributed by atoms with van der Waals surface area (Å²) in [6.07, 6.45) is -1.06. The molecule has 2 amide bonds. The summed E-state index contributed by atoms with van der Waals surface area (Å²) < 4.78 is 37.3. The third-order valence-corrected chi connectivity index (χ3v) is 3.91. The Kier molecular flexibility index (Phi) is 5.28. The van der Waals surface area contributed by atoms with E-state index in [9.17, 15) is 18.0 Å². The van der Waals surface area contributed by atoms with Crippen LogP contribution in [0.1, 0.15) is 31.2 Å². The highest BCUT2D eigenvalue weighted by Crippen LogP contribution is 2.29. The van der Waals surface area contributed by atoms with Crippen molar-refractivity contribution in [2.24, 2.45) is 5.92 Å². The van der Waals surface area contributed by atoms with Crippen molar-refractivity contribution in [1.29, 1.82) is 0 Å². The minimum atomic E-state index is -4.38. The number of aliphatic hydroxyl groups is 1. The Morgan fingerprint density at radius 2 is 1.73 bits per heavy atom. The molecule has 3 N–H and O–H groups in total. The van der Waals surface area contributed by atoms with Crippen molar-refractivity contribution in [1.82, 2.24) is 5.32 Å². The average molecular weight is 316 g/mol. The Balaban J connectivity index is 1.82. The van der Waals surface area contributed by atoms with Gasteiger partial charge in [0.2, 0.25) is 0 Å². The van der Waals surface area contributed by atoms with Crippen LogP contribution in [0.15, 0.2) is 24.3 Å². The van der Waals surface area contributed by atoms with Crippen LogP contribution in [0.4, 0.5) is 23.7 Å². The zero-order valence-electron chi connectivity index (χ0n) is 12.0. The monoisotopic (exact) mass is 316 g/mol. The fourth-order valence-corrected chi connectivity index (χ4v) is 2.58. The molecule has 1 aliphatic carbocycles. The lowest BCUT2D eigenvalue weighted by atomic mass is 9.87. The summed E-state index contributed by atoms with van der Waals surface area (Å²) in [6.45, 7) is 0.171. The first kappa shape index (κ1) is 16.6. The van der Waals surface area contributed by atoms with E-state index in [-0.39, 0.29) is 12.6 Å². The molecular weight excluding hydrogens is 297 g/mol. The van der Waals surface area contributed by atoms with Gasteiger partial charge in [0.25, 0.3) is 0 Å². The van der Waals surface area contributed by atoms with Crippen LogP contribution in [-0.4, -0.2) is 23.8 Å². The fraction of sp³-hybridized carbons (Fsp3) is 0.533. The second kappa shape index (κ2) is 7.00. The molecule has 1 aliphatic rings. The molecule has 0 atom stereocenters. The molecular formula is C15H19F3N2O2. The van der Waals surface area contributed by atoms with Crippen molar-refractivity contribution in [3.8, 4) is 0 Å². The molecule has 0 radical (unpaired) electrons. The number of carbonyl (C=O) groups excluding carboxylic acids is 1. The lowest BCUT2D eigenvalue weighted by molar-refractivity contribution is -0.137. The van der Waals surface area contributed by atoms with Crippen LogP contribution in [0.3, 0.4) is 0 Å². The minimum absolute atomic E-state index is 0.0391. The molecule has 2 rings (SSSR count). The van der Waals surface area contributed by atoms with Crippen molar-refractivity contribution < 1.29 is 23.1 Å². The Labute approximate surface area is 126 Å². The minimum Gasteiger partial charge on any atom is -0.396 e. The van der Waals surface area contributed by atoms with Crippen LogP contribution < -0.4 is 10.6 Å². The average Bonchev–Trinajstić information content (AvgIpc) is 2.47. The number of urea groups is 1.